The second-order valence-electron chi connectivity index (χ2n) is 6.73. The van der Waals surface area contributed by atoms with Crippen molar-refractivity contribution in [3.63, 3.8) is 0 Å². The number of amides is 1. The lowest BCUT2D eigenvalue weighted by Gasteiger charge is -2.30. The van der Waals surface area contributed by atoms with Crippen molar-refractivity contribution in [3.05, 3.63) is 59.1 Å². The maximum Gasteiger partial charge on any atom is 0.337 e. The van der Waals surface area contributed by atoms with Gasteiger partial charge in [0.2, 0.25) is 0 Å². The van der Waals surface area contributed by atoms with Crippen LogP contribution in [0.4, 0.5) is 5.69 Å². The standard InChI is InChI=1S/C21H22ClNO4/c22-15-11-12-18(17(13-15)21(25)26)23-20(24)19(14-7-3-1-4-8-14)27-16-9-5-2-6-10-16/h2,5-6,9-14,19H,1,3-4,7-8H2,(H,23,24)(H,25,26). The lowest BCUT2D eigenvalue weighted by atomic mass is 9.84. The Morgan fingerprint density at radius 1 is 1.07 bits per heavy atom. The van der Waals surface area contributed by atoms with E-state index in [1.54, 1.807) is 6.07 Å². The molecule has 1 unspecified atom stereocenters. The van der Waals surface area contributed by atoms with Gasteiger partial charge in [-0.3, -0.25) is 4.79 Å². The Bertz CT molecular complexity index is 803. The van der Waals surface area contributed by atoms with Crippen LogP contribution < -0.4 is 10.1 Å². The van der Waals surface area contributed by atoms with E-state index in [1.807, 2.05) is 30.3 Å². The van der Waals surface area contributed by atoms with Gasteiger partial charge in [-0.2, -0.15) is 0 Å². The van der Waals surface area contributed by atoms with Gasteiger partial charge in [0.25, 0.3) is 5.91 Å². The molecule has 0 aromatic heterocycles. The molecule has 3 rings (SSSR count). The third kappa shape index (κ3) is 5.01. The van der Waals surface area contributed by atoms with Crippen molar-refractivity contribution in [2.45, 2.75) is 38.2 Å². The second-order valence-corrected chi connectivity index (χ2v) is 7.17. The molecule has 0 aliphatic heterocycles. The lowest BCUT2D eigenvalue weighted by molar-refractivity contribution is -0.125. The van der Waals surface area contributed by atoms with Crippen molar-refractivity contribution in [3.8, 4) is 5.75 Å². The summed E-state index contributed by atoms with van der Waals surface area (Å²) in [4.78, 5) is 24.5. The minimum Gasteiger partial charge on any atom is -0.480 e. The second kappa shape index (κ2) is 8.91. The molecule has 1 aliphatic rings. The highest BCUT2D eigenvalue weighted by molar-refractivity contribution is 6.31. The van der Waals surface area contributed by atoms with E-state index in [2.05, 4.69) is 5.32 Å². The number of carboxylic acids is 1. The number of carbonyl (C=O) groups is 2. The molecule has 2 aromatic carbocycles. The number of hydrogen-bond donors (Lipinski definition) is 2. The molecule has 5 nitrogen and oxygen atoms in total. The van der Waals surface area contributed by atoms with Gasteiger partial charge >= 0.3 is 5.97 Å². The minimum absolute atomic E-state index is 0.0436. The van der Waals surface area contributed by atoms with Crippen molar-refractivity contribution >= 4 is 29.2 Å². The molecule has 0 radical (unpaired) electrons. The number of hydrogen-bond acceptors (Lipinski definition) is 3. The first-order chi connectivity index (χ1) is 13.0. The van der Waals surface area contributed by atoms with Crippen LogP contribution in [0.15, 0.2) is 48.5 Å². The summed E-state index contributed by atoms with van der Waals surface area (Å²) in [7, 11) is 0. The Labute approximate surface area is 163 Å². The number of para-hydroxylation sites is 1. The highest BCUT2D eigenvalue weighted by Crippen LogP contribution is 2.30. The number of benzene rings is 2. The average Bonchev–Trinajstić information content (AvgIpc) is 2.68. The predicted octanol–water partition coefficient (Wildman–Crippen LogP) is 5.00. The first-order valence-electron chi connectivity index (χ1n) is 9.10. The van der Waals surface area contributed by atoms with E-state index < -0.39 is 12.1 Å². The van der Waals surface area contributed by atoms with Gasteiger partial charge in [-0.1, -0.05) is 49.1 Å². The molecule has 1 aliphatic carbocycles. The van der Waals surface area contributed by atoms with Gasteiger partial charge in [0.1, 0.15) is 5.75 Å². The van der Waals surface area contributed by atoms with Gasteiger partial charge in [-0.05, 0) is 43.2 Å². The van der Waals surface area contributed by atoms with Crippen LogP contribution in [0, 0.1) is 5.92 Å². The summed E-state index contributed by atoms with van der Waals surface area (Å²) in [6, 6.07) is 13.6. The van der Waals surface area contributed by atoms with Crippen LogP contribution in [-0.4, -0.2) is 23.1 Å². The van der Waals surface area contributed by atoms with Gasteiger partial charge in [-0.25, -0.2) is 4.79 Å². The Kier molecular flexibility index (Phi) is 6.35. The molecule has 2 aromatic rings. The number of halogens is 1. The Hall–Kier alpha value is -2.53. The maximum absolute atomic E-state index is 13.0. The summed E-state index contributed by atoms with van der Waals surface area (Å²) in [5, 5.41) is 12.4. The van der Waals surface area contributed by atoms with E-state index in [9.17, 15) is 14.7 Å². The van der Waals surface area contributed by atoms with Crippen LogP contribution in [0.3, 0.4) is 0 Å². The Morgan fingerprint density at radius 2 is 1.78 bits per heavy atom. The van der Waals surface area contributed by atoms with Crippen LogP contribution in [0.25, 0.3) is 0 Å². The van der Waals surface area contributed by atoms with E-state index in [0.717, 1.165) is 32.1 Å². The molecule has 2 N–H and O–H groups in total. The Balaban J connectivity index is 1.83. The van der Waals surface area contributed by atoms with E-state index in [4.69, 9.17) is 16.3 Å². The fourth-order valence-electron chi connectivity index (χ4n) is 3.45. The fraction of sp³-hybridized carbons (Fsp3) is 0.333. The molecule has 6 heteroatoms. The normalized spacial score (nSPS) is 15.7. The largest absolute Gasteiger partial charge is 0.480 e. The molecule has 0 saturated heterocycles. The number of anilines is 1. The van der Waals surface area contributed by atoms with Crippen molar-refractivity contribution in [1.29, 1.82) is 0 Å². The van der Waals surface area contributed by atoms with Crippen molar-refractivity contribution < 1.29 is 19.4 Å². The van der Waals surface area contributed by atoms with Gasteiger partial charge in [0.15, 0.2) is 6.10 Å². The van der Waals surface area contributed by atoms with Crippen LogP contribution >= 0.6 is 11.6 Å². The molecule has 0 bridgehead atoms. The van der Waals surface area contributed by atoms with Crippen molar-refractivity contribution in [1.82, 2.24) is 0 Å². The van der Waals surface area contributed by atoms with Crippen LogP contribution in [0.1, 0.15) is 42.5 Å². The number of aromatic carboxylic acids is 1. The zero-order valence-corrected chi connectivity index (χ0v) is 15.6. The maximum atomic E-state index is 13.0. The number of ether oxygens (including phenoxy) is 1. The highest BCUT2D eigenvalue weighted by Gasteiger charge is 2.32. The molecule has 27 heavy (non-hydrogen) atoms. The highest BCUT2D eigenvalue weighted by atomic mass is 35.5. The summed E-state index contributed by atoms with van der Waals surface area (Å²) >= 11 is 5.89. The van der Waals surface area contributed by atoms with Crippen LogP contribution in [0.5, 0.6) is 5.75 Å². The molecule has 1 atom stereocenters. The summed E-state index contributed by atoms with van der Waals surface area (Å²) in [6.45, 7) is 0. The third-order valence-corrected chi connectivity index (χ3v) is 5.05. The number of carboxylic acid groups (broad SMARTS) is 1. The first kappa shape index (κ1) is 19.2. The molecule has 0 spiro atoms. The van der Waals surface area contributed by atoms with Gasteiger partial charge < -0.3 is 15.2 Å². The molecule has 1 saturated carbocycles. The van der Waals surface area contributed by atoms with E-state index in [0.29, 0.717) is 10.8 Å². The molecular formula is C21H22ClNO4. The lowest BCUT2D eigenvalue weighted by Crippen LogP contribution is -2.40. The van der Waals surface area contributed by atoms with Gasteiger partial charge in [0.05, 0.1) is 11.3 Å². The predicted molar refractivity (Wildman–Crippen MR) is 104 cm³/mol. The average molecular weight is 388 g/mol. The smallest absolute Gasteiger partial charge is 0.337 e. The SMILES string of the molecule is O=C(O)c1cc(Cl)ccc1NC(=O)C(Oc1ccccc1)C1CCCCC1. The molecule has 0 heterocycles. The topological polar surface area (TPSA) is 75.6 Å². The third-order valence-electron chi connectivity index (χ3n) is 4.81. The number of carbonyl (C=O) groups excluding carboxylic acids is 1. The Morgan fingerprint density at radius 3 is 2.44 bits per heavy atom. The van der Waals surface area contributed by atoms with Crippen molar-refractivity contribution in [2.24, 2.45) is 5.92 Å². The van der Waals surface area contributed by atoms with E-state index in [1.165, 1.54) is 12.1 Å². The first-order valence-corrected chi connectivity index (χ1v) is 9.48. The quantitative estimate of drug-likeness (QED) is 0.730. The van der Waals surface area contributed by atoms with Crippen LogP contribution in [0.2, 0.25) is 5.02 Å². The van der Waals surface area contributed by atoms with Crippen molar-refractivity contribution in [2.75, 3.05) is 5.32 Å². The molecular weight excluding hydrogens is 366 g/mol. The number of nitrogens with one attached hydrogen (secondary N) is 1. The molecule has 142 valence electrons. The van der Waals surface area contributed by atoms with E-state index >= 15 is 0 Å². The minimum atomic E-state index is -1.15. The summed E-state index contributed by atoms with van der Waals surface area (Å²) in [6.07, 6.45) is 4.44. The zero-order valence-electron chi connectivity index (χ0n) is 14.9. The summed E-state index contributed by atoms with van der Waals surface area (Å²) in [5.41, 5.74) is 0.173. The fourth-order valence-corrected chi connectivity index (χ4v) is 3.62. The van der Waals surface area contributed by atoms with Crippen LogP contribution in [-0.2, 0) is 4.79 Å². The van der Waals surface area contributed by atoms with Gasteiger partial charge in [0, 0.05) is 10.9 Å². The van der Waals surface area contributed by atoms with E-state index in [-0.39, 0.29) is 23.1 Å². The number of rotatable bonds is 6. The van der Waals surface area contributed by atoms with Gasteiger partial charge in [-0.15, -0.1) is 0 Å². The molecule has 1 fully saturated rings. The summed E-state index contributed by atoms with van der Waals surface area (Å²) < 4.78 is 6.03. The zero-order chi connectivity index (χ0) is 19.2. The molecule has 1 amide bonds. The summed E-state index contributed by atoms with van der Waals surface area (Å²) in [5.74, 6) is -0.765. The monoisotopic (exact) mass is 387 g/mol.